The first-order chi connectivity index (χ1) is 6.16. The molecule has 13 heavy (non-hydrogen) atoms. The number of hydrogen-bond donors (Lipinski definition) is 1. The molecule has 2 unspecified atom stereocenters. The van der Waals surface area contributed by atoms with Crippen molar-refractivity contribution in [3.8, 4) is 6.07 Å². The van der Waals surface area contributed by atoms with E-state index in [1.165, 1.54) is 0 Å². The van der Waals surface area contributed by atoms with E-state index in [1.807, 2.05) is 31.2 Å². The highest BCUT2D eigenvalue weighted by Crippen LogP contribution is 2.24. The van der Waals surface area contributed by atoms with Gasteiger partial charge in [0.25, 0.3) is 0 Å². The van der Waals surface area contributed by atoms with E-state index in [1.54, 1.807) is 6.92 Å². The Bertz CT molecular complexity index is 325. The van der Waals surface area contributed by atoms with Crippen LogP contribution in [0.1, 0.15) is 37.0 Å². The molecule has 0 aliphatic heterocycles. The van der Waals surface area contributed by atoms with E-state index in [2.05, 4.69) is 6.07 Å². The average molecular weight is 175 g/mol. The van der Waals surface area contributed by atoms with Crippen molar-refractivity contribution < 1.29 is 5.11 Å². The van der Waals surface area contributed by atoms with Crippen molar-refractivity contribution in [2.75, 3.05) is 0 Å². The molecule has 0 aliphatic rings. The number of aliphatic hydroxyl groups is 1. The smallest absolute Gasteiger partial charge is 0.0765 e. The Morgan fingerprint density at radius 3 is 2.23 bits per heavy atom. The van der Waals surface area contributed by atoms with Crippen LogP contribution < -0.4 is 0 Å². The molecule has 2 atom stereocenters. The molecule has 0 fully saturated rings. The maximum absolute atomic E-state index is 9.44. The van der Waals surface area contributed by atoms with E-state index in [0.717, 1.165) is 11.1 Å². The molecule has 1 rings (SSSR count). The maximum atomic E-state index is 9.44. The quantitative estimate of drug-likeness (QED) is 0.749. The third-order valence-electron chi connectivity index (χ3n) is 2.11. The number of hydrogen-bond acceptors (Lipinski definition) is 2. The molecule has 0 saturated carbocycles. The molecule has 0 bridgehead atoms. The number of rotatable bonds is 2. The minimum atomic E-state index is -0.507. The fourth-order valence-electron chi connectivity index (χ4n) is 1.36. The van der Waals surface area contributed by atoms with Gasteiger partial charge in [-0.05, 0) is 25.0 Å². The highest BCUT2D eigenvalue weighted by molar-refractivity contribution is 5.34. The Morgan fingerprint density at radius 2 is 1.77 bits per heavy atom. The Kier molecular flexibility index (Phi) is 3.05. The van der Waals surface area contributed by atoms with Gasteiger partial charge in [-0.15, -0.1) is 0 Å². The second-order valence-electron chi connectivity index (χ2n) is 3.16. The fourth-order valence-corrected chi connectivity index (χ4v) is 1.36. The van der Waals surface area contributed by atoms with Crippen molar-refractivity contribution in [3.63, 3.8) is 0 Å². The normalized spacial score (nSPS) is 14.6. The van der Waals surface area contributed by atoms with Gasteiger partial charge in [-0.2, -0.15) is 5.26 Å². The molecule has 68 valence electrons. The van der Waals surface area contributed by atoms with E-state index >= 15 is 0 Å². The molecule has 0 amide bonds. The minimum Gasteiger partial charge on any atom is -0.389 e. The van der Waals surface area contributed by atoms with Gasteiger partial charge in [0, 0.05) is 0 Å². The molecule has 0 radical (unpaired) electrons. The topological polar surface area (TPSA) is 44.0 Å². The summed E-state index contributed by atoms with van der Waals surface area (Å²) in [5.74, 6) is -0.161. The lowest BCUT2D eigenvalue weighted by Gasteiger charge is -2.12. The van der Waals surface area contributed by atoms with Gasteiger partial charge in [0.1, 0.15) is 0 Å². The van der Waals surface area contributed by atoms with Gasteiger partial charge in [-0.3, -0.25) is 0 Å². The van der Waals surface area contributed by atoms with Crippen LogP contribution in [0.3, 0.4) is 0 Å². The first-order valence-electron chi connectivity index (χ1n) is 4.33. The first-order valence-corrected chi connectivity index (χ1v) is 4.33. The molecule has 2 heteroatoms. The fraction of sp³-hybridized carbons (Fsp3) is 0.364. The second-order valence-corrected chi connectivity index (χ2v) is 3.16. The van der Waals surface area contributed by atoms with Crippen LogP contribution in [0, 0.1) is 11.3 Å². The molecule has 1 aromatic carbocycles. The van der Waals surface area contributed by atoms with Gasteiger partial charge < -0.3 is 5.11 Å². The largest absolute Gasteiger partial charge is 0.389 e. The maximum Gasteiger partial charge on any atom is 0.0765 e. The lowest BCUT2D eigenvalue weighted by Crippen LogP contribution is -2.00. The molecular formula is C11H13NO. The third-order valence-corrected chi connectivity index (χ3v) is 2.11. The van der Waals surface area contributed by atoms with E-state index in [9.17, 15) is 5.11 Å². The zero-order chi connectivity index (χ0) is 9.84. The van der Waals surface area contributed by atoms with Crippen LogP contribution in [0.4, 0.5) is 0 Å². The first kappa shape index (κ1) is 9.76. The second kappa shape index (κ2) is 4.06. The van der Waals surface area contributed by atoms with Gasteiger partial charge in [0.2, 0.25) is 0 Å². The molecule has 0 spiro atoms. The summed E-state index contributed by atoms with van der Waals surface area (Å²) in [6.07, 6.45) is -0.507. The number of nitrogens with zero attached hydrogens (tertiary/aromatic N) is 1. The van der Waals surface area contributed by atoms with E-state index < -0.39 is 6.10 Å². The lowest BCUT2D eigenvalue weighted by atomic mass is 9.94. The zero-order valence-corrected chi connectivity index (χ0v) is 7.86. The summed E-state index contributed by atoms with van der Waals surface area (Å²) in [4.78, 5) is 0. The van der Waals surface area contributed by atoms with Crippen molar-refractivity contribution >= 4 is 0 Å². The molecule has 2 nitrogen and oxygen atoms in total. The van der Waals surface area contributed by atoms with Gasteiger partial charge in [0.05, 0.1) is 18.1 Å². The summed E-state index contributed by atoms with van der Waals surface area (Å²) in [6.45, 7) is 3.55. The van der Waals surface area contributed by atoms with Crippen molar-refractivity contribution in [2.24, 2.45) is 0 Å². The van der Waals surface area contributed by atoms with Crippen LogP contribution >= 0.6 is 0 Å². The van der Waals surface area contributed by atoms with Crippen molar-refractivity contribution in [3.05, 3.63) is 35.4 Å². The van der Waals surface area contributed by atoms with E-state index in [4.69, 9.17) is 5.26 Å². The summed E-state index contributed by atoms with van der Waals surface area (Å²) in [5, 5.41) is 18.2. The summed E-state index contributed by atoms with van der Waals surface area (Å²) in [6, 6.07) is 9.66. The lowest BCUT2D eigenvalue weighted by molar-refractivity contribution is 0.198. The zero-order valence-electron chi connectivity index (χ0n) is 7.86. The van der Waals surface area contributed by atoms with E-state index in [0.29, 0.717) is 0 Å². The molecule has 0 saturated heterocycles. The highest BCUT2D eigenvalue weighted by Gasteiger charge is 2.11. The van der Waals surface area contributed by atoms with Gasteiger partial charge in [-0.25, -0.2) is 0 Å². The summed E-state index contributed by atoms with van der Waals surface area (Å²) in [7, 11) is 0. The van der Waals surface area contributed by atoms with Crippen LogP contribution in [0.2, 0.25) is 0 Å². The van der Waals surface area contributed by atoms with Crippen molar-refractivity contribution in [1.82, 2.24) is 0 Å². The number of nitriles is 1. The molecule has 1 aromatic rings. The molecule has 0 heterocycles. The SMILES string of the molecule is CC(O)c1ccccc1C(C)C#N. The number of aliphatic hydroxyl groups excluding tert-OH is 1. The summed E-state index contributed by atoms with van der Waals surface area (Å²) >= 11 is 0. The summed E-state index contributed by atoms with van der Waals surface area (Å²) < 4.78 is 0. The molecule has 0 aromatic heterocycles. The van der Waals surface area contributed by atoms with Crippen LogP contribution in [0.5, 0.6) is 0 Å². The van der Waals surface area contributed by atoms with Gasteiger partial charge >= 0.3 is 0 Å². The van der Waals surface area contributed by atoms with Gasteiger partial charge in [0.15, 0.2) is 0 Å². The Morgan fingerprint density at radius 1 is 1.23 bits per heavy atom. The highest BCUT2D eigenvalue weighted by atomic mass is 16.3. The molecule has 1 N–H and O–H groups in total. The predicted molar refractivity (Wildman–Crippen MR) is 51.1 cm³/mol. The van der Waals surface area contributed by atoms with Crippen LogP contribution in [-0.2, 0) is 0 Å². The average Bonchev–Trinajstić information content (AvgIpc) is 2.16. The molecule has 0 aliphatic carbocycles. The van der Waals surface area contributed by atoms with Crippen molar-refractivity contribution in [2.45, 2.75) is 25.9 Å². The van der Waals surface area contributed by atoms with Gasteiger partial charge in [-0.1, -0.05) is 24.3 Å². The number of benzene rings is 1. The standard InChI is InChI=1S/C11H13NO/c1-8(7-12)10-5-3-4-6-11(10)9(2)13/h3-6,8-9,13H,1-2H3. The monoisotopic (exact) mass is 175 g/mol. The van der Waals surface area contributed by atoms with Crippen LogP contribution in [0.25, 0.3) is 0 Å². The van der Waals surface area contributed by atoms with Crippen molar-refractivity contribution in [1.29, 1.82) is 5.26 Å². The third kappa shape index (κ3) is 2.07. The van der Waals surface area contributed by atoms with Crippen LogP contribution in [-0.4, -0.2) is 5.11 Å². The molecular weight excluding hydrogens is 162 g/mol. The van der Waals surface area contributed by atoms with Crippen LogP contribution in [0.15, 0.2) is 24.3 Å². The summed E-state index contributed by atoms with van der Waals surface area (Å²) in [5.41, 5.74) is 1.76. The predicted octanol–water partition coefficient (Wildman–Crippen LogP) is 2.37. The Balaban J connectivity index is 3.13. The minimum absolute atomic E-state index is 0.161. The van der Waals surface area contributed by atoms with E-state index in [-0.39, 0.29) is 5.92 Å². The Hall–Kier alpha value is -1.33. The Labute approximate surface area is 78.4 Å².